The standard InChI is InChI=1S/C15H17F2NO3/c16-13(17)10-3-1-9(2-4-10)8-18-14(19)11-5-6-12(7-11)15(20)21/h1-4,11-13H,5-8H2,(H,18,19)(H,20,21)/t11-,12+/m0/s1. The number of carbonyl (C=O) groups is 2. The lowest BCUT2D eigenvalue weighted by atomic mass is 10.0. The minimum atomic E-state index is -2.50. The lowest BCUT2D eigenvalue weighted by molar-refractivity contribution is -0.141. The number of carboxylic acids is 1. The zero-order chi connectivity index (χ0) is 15.4. The number of aliphatic carboxylic acids is 1. The monoisotopic (exact) mass is 297 g/mol. The van der Waals surface area contributed by atoms with Gasteiger partial charge in [0.1, 0.15) is 0 Å². The first-order valence-electron chi connectivity index (χ1n) is 6.85. The summed E-state index contributed by atoms with van der Waals surface area (Å²) in [5.41, 5.74) is 0.686. The van der Waals surface area contributed by atoms with Crippen LogP contribution in [0.15, 0.2) is 24.3 Å². The Morgan fingerprint density at radius 1 is 1.19 bits per heavy atom. The maximum atomic E-state index is 12.4. The summed E-state index contributed by atoms with van der Waals surface area (Å²) in [5, 5.41) is 11.6. The predicted octanol–water partition coefficient (Wildman–Crippen LogP) is 2.74. The highest BCUT2D eigenvalue weighted by atomic mass is 19.3. The summed E-state index contributed by atoms with van der Waals surface area (Å²) in [6.07, 6.45) is -1.03. The number of amides is 1. The molecule has 1 saturated carbocycles. The summed E-state index contributed by atoms with van der Waals surface area (Å²) in [5.74, 6) is -1.73. The maximum Gasteiger partial charge on any atom is 0.306 e. The summed E-state index contributed by atoms with van der Waals surface area (Å²) in [7, 11) is 0. The quantitative estimate of drug-likeness (QED) is 0.878. The Labute approximate surface area is 121 Å². The second-order valence-electron chi connectivity index (χ2n) is 5.31. The fraction of sp³-hybridized carbons (Fsp3) is 0.467. The number of hydrogen-bond acceptors (Lipinski definition) is 2. The molecule has 6 heteroatoms. The van der Waals surface area contributed by atoms with Gasteiger partial charge >= 0.3 is 5.97 Å². The summed E-state index contributed by atoms with van der Waals surface area (Å²) in [4.78, 5) is 22.8. The summed E-state index contributed by atoms with van der Waals surface area (Å²) < 4.78 is 24.8. The van der Waals surface area contributed by atoms with Crippen LogP contribution in [0.4, 0.5) is 8.78 Å². The van der Waals surface area contributed by atoms with Gasteiger partial charge in [-0.05, 0) is 24.8 Å². The van der Waals surface area contributed by atoms with Gasteiger partial charge < -0.3 is 10.4 Å². The Kier molecular flexibility index (Phi) is 4.88. The molecule has 0 saturated heterocycles. The predicted molar refractivity (Wildman–Crippen MR) is 71.7 cm³/mol. The van der Waals surface area contributed by atoms with E-state index in [2.05, 4.69) is 5.32 Å². The summed E-state index contributed by atoms with van der Waals surface area (Å²) >= 11 is 0. The van der Waals surface area contributed by atoms with E-state index in [1.54, 1.807) is 12.1 Å². The van der Waals surface area contributed by atoms with Gasteiger partial charge in [0.2, 0.25) is 5.91 Å². The molecular weight excluding hydrogens is 280 g/mol. The van der Waals surface area contributed by atoms with Gasteiger partial charge in [-0.25, -0.2) is 8.78 Å². The van der Waals surface area contributed by atoms with Crippen LogP contribution in [0, 0.1) is 11.8 Å². The number of alkyl halides is 2. The smallest absolute Gasteiger partial charge is 0.306 e. The van der Waals surface area contributed by atoms with Crippen molar-refractivity contribution < 1.29 is 23.5 Å². The molecule has 1 fully saturated rings. The molecule has 114 valence electrons. The van der Waals surface area contributed by atoms with Gasteiger partial charge in [-0.3, -0.25) is 9.59 Å². The molecule has 0 spiro atoms. The van der Waals surface area contributed by atoms with E-state index in [1.807, 2.05) is 0 Å². The van der Waals surface area contributed by atoms with E-state index in [-0.39, 0.29) is 23.9 Å². The maximum absolute atomic E-state index is 12.4. The molecule has 1 amide bonds. The first-order valence-corrected chi connectivity index (χ1v) is 6.85. The average molecular weight is 297 g/mol. The van der Waals surface area contributed by atoms with Gasteiger partial charge in [0.15, 0.2) is 0 Å². The zero-order valence-corrected chi connectivity index (χ0v) is 11.4. The Hall–Kier alpha value is -1.98. The number of benzene rings is 1. The normalized spacial score (nSPS) is 21.5. The second-order valence-corrected chi connectivity index (χ2v) is 5.31. The SMILES string of the molecule is O=C(O)[C@@H]1CC[C@H](C(=O)NCc2ccc(C(F)F)cc2)C1. The van der Waals surface area contributed by atoms with E-state index in [4.69, 9.17) is 5.11 Å². The molecule has 1 aromatic rings. The zero-order valence-electron chi connectivity index (χ0n) is 11.4. The molecule has 1 aromatic carbocycles. The Morgan fingerprint density at radius 2 is 1.81 bits per heavy atom. The minimum absolute atomic E-state index is 0.0508. The average Bonchev–Trinajstić information content (AvgIpc) is 2.95. The number of hydrogen-bond donors (Lipinski definition) is 2. The topological polar surface area (TPSA) is 66.4 Å². The Bertz CT molecular complexity index is 516. The van der Waals surface area contributed by atoms with Crippen LogP contribution in [-0.4, -0.2) is 17.0 Å². The van der Waals surface area contributed by atoms with Crippen LogP contribution in [0.25, 0.3) is 0 Å². The van der Waals surface area contributed by atoms with Crippen LogP contribution in [0.1, 0.15) is 36.8 Å². The van der Waals surface area contributed by atoms with Crippen LogP contribution < -0.4 is 5.32 Å². The van der Waals surface area contributed by atoms with Crippen molar-refractivity contribution in [1.82, 2.24) is 5.32 Å². The molecule has 0 aliphatic heterocycles. The van der Waals surface area contributed by atoms with Crippen molar-refractivity contribution in [3.05, 3.63) is 35.4 Å². The van der Waals surface area contributed by atoms with E-state index in [0.29, 0.717) is 19.3 Å². The Morgan fingerprint density at radius 3 is 2.33 bits per heavy atom. The number of carboxylic acid groups (broad SMARTS) is 1. The van der Waals surface area contributed by atoms with E-state index in [0.717, 1.165) is 5.56 Å². The molecule has 21 heavy (non-hydrogen) atoms. The molecule has 2 N–H and O–H groups in total. The highest BCUT2D eigenvalue weighted by Gasteiger charge is 2.33. The molecule has 0 heterocycles. The molecule has 0 bridgehead atoms. The fourth-order valence-corrected chi connectivity index (χ4v) is 2.56. The molecule has 0 radical (unpaired) electrons. The van der Waals surface area contributed by atoms with Gasteiger partial charge in [-0.1, -0.05) is 24.3 Å². The molecule has 1 aliphatic rings. The minimum Gasteiger partial charge on any atom is -0.481 e. The number of rotatable bonds is 5. The lowest BCUT2D eigenvalue weighted by Gasteiger charge is -2.11. The molecule has 2 atom stereocenters. The Balaban J connectivity index is 1.83. The van der Waals surface area contributed by atoms with Gasteiger partial charge in [0, 0.05) is 18.0 Å². The molecule has 1 aliphatic carbocycles. The third kappa shape index (κ3) is 4.00. The number of carbonyl (C=O) groups excluding carboxylic acids is 1. The van der Waals surface area contributed by atoms with Gasteiger partial charge in [0.25, 0.3) is 6.43 Å². The first-order chi connectivity index (χ1) is 9.97. The van der Waals surface area contributed by atoms with E-state index >= 15 is 0 Å². The van der Waals surface area contributed by atoms with Crippen LogP contribution in [0.5, 0.6) is 0 Å². The van der Waals surface area contributed by atoms with Crippen molar-refractivity contribution in [3.63, 3.8) is 0 Å². The largest absolute Gasteiger partial charge is 0.481 e. The van der Waals surface area contributed by atoms with Crippen molar-refractivity contribution in [2.75, 3.05) is 0 Å². The van der Waals surface area contributed by atoms with Crippen molar-refractivity contribution in [3.8, 4) is 0 Å². The highest BCUT2D eigenvalue weighted by molar-refractivity contribution is 5.80. The fourth-order valence-electron chi connectivity index (χ4n) is 2.56. The van der Waals surface area contributed by atoms with Crippen molar-refractivity contribution >= 4 is 11.9 Å². The van der Waals surface area contributed by atoms with Crippen molar-refractivity contribution in [2.24, 2.45) is 11.8 Å². The first kappa shape index (κ1) is 15.4. The lowest BCUT2D eigenvalue weighted by Crippen LogP contribution is -2.29. The second kappa shape index (κ2) is 6.65. The van der Waals surface area contributed by atoms with Crippen LogP contribution in [-0.2, 0) is 16.1 Å². The van der Waals surface area contributed by atoms with Crippen molar-refractivity contribution in [2.45, 2.75) is 32.2 Å². The van der Waals surface area contributed by atoms with E-state index in [1.165, 1.54) is 12.1 Å². The molecule has 2 rings (SSSR count). The third-order valence-corrected chi connectivity index (χ3v) is 3.85. The van der Waals surface area contributed by atoms with Crippen LogP contribution in [0.3, 0.4) is 0 Å². The van der Waals surface area contributed by atoms with Crippen molar-refractivity contribution in [1.29, 1.82) is 0 Å². The molecular formula is C15H17F2NO3. The number of nitrogens with one attached hydrogen (secondary N) is 1. The summed E-state index contributed by atoms with van der Waals surface area (Å²) in [6, 6.07) is 5.78. The van der Waals surface area contributed by atoms with Gasteiger partial charge in [0.05, 0.1) is 5.92 Å². The summed E-state index contributed by atoms with van der Waals surface area (Å²) in [6.45, 7) is 0.261. The third-order valence-electron chi connectivity index (χ3n) is 3.85. The number of halogens is 2. The van der Waals surface area contributed by atoms with Crippen LogP contribution >= 0.6 is 0 Å². The van der Waals surface area contributed by atoms with Crippen LogP contribution in [0.2, 0.25) is 0 Å². The van der Waals surface area contributed by atoms with Gasteiger partial charge in [-0.2, -0.15) is 0 Å². The molecule has 4 nitrogen and oxygen atoms in total. The molecule has 0 aromatic heterocycles. The highest BCUT2D eigenvalue weighted by Crippen LogP contribution is 2.31. The van der Waals surface area contributed by atoms with E-state index < -0.39 is 18.3 Å². The van der Waals surface area contributed by atoms with Gasteiger partial charge in [-0.15, -0.1) is 0 Å². The molecule has 0 unspecified atom stereocenters. The van der Waals surface area contributed by atoms with E-state index in [9.17, 15) is 18.4 Å².